The third-order valence-electron chi connectivity index (χ3n) is 5.85. The Morgan fingerprint density at radius 2 is 1.69 bits per heavy atom. The molecule has 2 heterocycles. The number of amides is 1. The van der Waals surface area contributed by atoms with E-state index in [4.69, 9.17) is 0 Å². The molecular formula is C22H35ClN2O. The average molecular weight is 379 g/mol. The first-order valence-corrected chi connectivity index (χ1v) is 10.4. The van der Waals surface area contributed by atoms with Crippen molar-refractivity contribution in [1.82, 2.24) is 9.80 Å². The second-order valence-corrected chi connectivity index (χ2v) is 7.76. The molecule has 1 unspecified atom stereocenters. The summed E-state index contributed by atoms with van der Waals surface area (Å²) in [6.07, 6.45) is 11.8. The molecule has 26 heavy (non-hydrogen) atoms. The van der Waals surface area contributed by atoms with Crippen molar-refractivity contribution in [2.45, 2.75) is 70.8 Å². The Morgan fingerprint density at radius 3 is 2.46 bits per heavy atom. The topological polar surface area (TPSA) is 23.6 Å². The van der Waals surface area contributed by atoms with Crippen molar-refractivity contribution in [3.8, 4) is 0 Å². The third kappa shape index (κ3) is 5.47. The van der Waals surface area contributed by atoms with E-state index in [1.165, 1.54) is 62.5 Å². The fraction of sp³-hybridized carbons (Fsp3) is 0.682. The Balaban J connectivity index is 0.00000243. The lowest BCUT2D eigenvalue weighted by Gasteiger charge is -2.44. The number of hydrogen-bond acceptors (Lipinski definition) is 2. The van der Waals surface area contributed by atoms with Crippen molar-refractivity contribution in [3.05, 3.63) is 35.4 Å². The summed E-state index contributed by atoms with van der Waals surface area (Å²) in [7, 11) is 0. The first-order valence-electron chi connectivity index (χ1n) is 10.4. The van der Waals surface area contributed by atoms with Crippen molar-refractivity contribution in [2.75, 3.05) is 26.2 Å². The highest BCUT2D eigenvalue weighted by molar-refractivity contribution is 5.85. The Morgan fingerprint density at radius 1 is 1.00 bits per heavy atom. The Bertz CT molecular complexity index is 563. The number of halogens is 1. The molecule has 1 atom stereocenters. The van der Waals surface area contributed by atoms with Crippen LogP contribution in [0.25, 0.3) is 0 Å². The monoisotopic (exact) mass is 378 g/mol. The second-order valence-electron chi connectivity index (χ2n) is 7.76. The minimum absolute atomic E-state index is 0. The fourth-order valence-corrected chi connectivity index (χ4v) is 4.38. The molecule has 1 amide bonds. The van der Waals surface area contributed by atoms with E-state index >= 15 is 0 Å². The largest absolute Gasteiger partial charge is 0.333 e. The van der Waals surface area contributed by atoms with Crippen LogP contribution in [-0.4, -0.2) is 41.9 Å². The van der Waals surface area contributed by atoms with Crippen LogP contribution in [0.2, 0.25) is 0 Å². The number of nitrogens with zero attached hydrogens (tertiary/aromatic N) is 2. The van der Waals surface area contributed by atoms with Crippen molar-refractivity contribution in [3.63, 3.8) is 0 Å². The van der Waals surface area contributed by atoms with Crippen LogP contribution in [0.4, 0.5) is 0 Å². The fourth-order valence-electron chi connectivity index (χ4n) is 4.38. The van der Waals surface area contributed by atoms with Crippen LogP contribution in [0.3, 0.4) is 0 Å². The Hall–Kier alpha value is -1.06. The SMILES string of the molecule is CCCCCCCCCCN1CC(=O)N2CCc3ccccc3C2C1.Cl. The highest BCUT2D eigenvalue weighted by Crippen LogP contribution is 2.33. The molecule has 1 saturated heterocycles. The van der Waals surface area contributed by atoms with E-state index in [9.17, 15) is 4.79 Å². The lowest BCUT2D eigenvalue weighted by atomic mass is 9.90. The number of unbranched alkanes of at least 4 members (excludes halogenated alkanes) is 7. The van der Waals surface area contributed by atoms with Gasteiger partial charge in [-0.05, 0) is 30.5 Å². The molecule has 0 aromatic heterocycles. The Kier molecular flexibility index (Phi) is 8.94. The van der Waals surface area contributed by atoms with E-state index in [0.29, 0.717) is 12.5 Å². The molecule has 0 aliphatic carbocycles. The molecule has 2 aliphatic rings. The number of hydrogen-bond donors (Lipinski definition) is 0. The van der Waals surface area contributed by atoms with Crippen LogP contribution in [0, 0.1) is 0 Å². The molecule has 1 aromatic rings. The van der Waals surface area contributed by atoms with E-state index in [1.807, 2.05) is 0 Å². The summed E-state index contributed by atoms with van der Waals surface area (Å²) in [5, 5.41) is 0. The molecule has 3 rings (SSSR count). The van der Waals surface area contributed by atoms with E-state index < -0.39 is 0 Å². The summed E-state index contributed by atoms with van der Waals surface area (Å²) in [4.78, 5) is 17.1. The van der Waals surface area contributed by atoms with Crippen LogP contribution in [0.1, 0.15) is 75.5 Å². The number of carbonyl (C=O) groups excluding carboxylic acids is 1. The standard InChI is InChI=1S/C22H34N2O.ClH/c1-2-3-4-5-6-7-8-11-15-23-17-21-20-13-10-9-12-19(20)14-16-24(21)22(25)18-23;/h9-10,12-13,21H,2-8,11,14-18H2,1H3;1H. The van der Waals surface area contributed by atoms with E-state index in [0.717, 1.165) is 26.1 Å². The maximum absolute atomic E-state index is 12.6. The summed E-state index contributed by atoms with van der Waals surface area (Å²) >= 11 is 0. The van der Waals surface area contributed by atoms with Gasteiger partial charge in [-0.1, -0.05) is 76.1 Å². The molecule has 3 nitrogen and oxygen atoms in total. The molecule has 4 heteroatoms. The van der Waals surface area contributed by atoms with E-state index in [2.05, 4.69) is 41.0 Å². The van der Waals surface area contributed by atoms with Gasteiger partial charge in [-0.25, -0.2) is 0 Å². The smallest absolute Gasteiger partial charge is 0.237 e. The summed E-state index contributed by atoms with van der Waals surface area (Å²) in [6.45, 7) is 5.87. The van der Waals surface area contributed by atoms with Crippen molar-refractivity contribution in [1.29, 1.82) is 0 Å². The number of piperazine rings is 1. The lowest BCUT2D eigenvalue weighted by Crippen LogP contribution is -2.54. The maximum atomic E-state index is 12.6. The van der Waals surface area contributed by atoms with Crippen molar-refractivity contribution in [2.24, 2.45) is 0 Å². The van der Waals surface area contributed by atoms with Gasteiger partial charge in [-0.15, -0.1) is 12.4 Å². The van der Waals surface area contributed by atoms with Gasteiger partial charge in [0.15, 0.2) is 0 Å². The molecule has 0 saturated carbocycles. The van der Waals surface area contributed by atoms with Crippen LogP contribution >= 0.6 is 12.4 Å². The molecule has 1 fully saturated rings. The molecule has 0 radical (unpaired) electrons. The summed E-state index contributed by atoms with van der Waals surface area (Å²) in [5.74, 6) is 0.324. The highest BCUT2D eigenvalue weighted by Gasteiger charge is 2.36. The van der Waals surface area contributed by atoms with Gasteiger partial charge in [-0.2, -0.15) is 0 Å². The van der Waals surface area contributed by atoms with Crippen molar-refractivity contribution < 1.29 is 4.79 Å². The number of benzene rings is 1. The quantitative estimate of drug-likeness (QED) is 0.565. The zero-order valence-corrected chi connectivity index (χ0v) is 17.1. The van der Waals surface area contributed by atoms with Gasteiger partial charge in [0.25, 0.3) is 0 Å². The normalized spacial score (nSPS) is 19.7. The second kappa shape index (κ2) is 10.9. The zero-order valence-electron chi connectivity index (χ0n) is 16.3. The molecule has 0 bridgehead atoms. The molecular weight excluding hydrogens is 344 g/mol. The predicted molar refractivity (Wildman–Crippen MR) is 111 cm³/mol. The van der Waals surface area contributed by atoms with Gasteiger partial charge in [0.1, 0.15) is 0 Å². The van der Waals surface area contributed by atoms with Gasteiger partial charge in [-0.3, -0.25) is 9.69 Å². The number of carbonyl (C=O) groups is 1. The van der Waals surface area contributed by atoms with Crippen LogP contribution in [0.15, 0.2) is 24.3 Å². The van der Waals surface area contributed by atoms with Crippen LogP contribution in [0.5, 0.6) is 0 Å². The maximum Gasteiger partial charge on any atom is 0.237 e. The lowest BCUT2D eigenvalue weighted by molar-refractivity contribution is -0.140. The van der Waals surface area contributed by atoms with Gasteiger partial charge in [0.2, 0.25) is 5.91 Å². The van der Waals surface area contributed by atoms with Crippen molar-refractivity contribution >= 4 is 18.3 Å². The molecule has 1 aromatic carbocycles. The van der Waals surface area contributed by atoms with E-state index in [-0.39, 0.29) is 18.4 Å². The third-order valence-corrected chi connectivity index (χ3v) is 5.85. The summed E-state index contributed by atoms with van der Waals surface area (Å²) in [5.41, 5.74) is 2.81. The van der Waals surface area contributed by atoms with Gasteiger partial charge < -0.3 is 4.90 Å². The number of rotatable bonds is 9. The van der Waals surface area contributed by atoms with Crippen LogP contribution < -0.4 is 0 Å². The van der Waals surface area contributed by atoms with E-state index in [1.54, 1.807) is 0 Å². The number of fused-ring (bicyclic) bond motifs is 3. The average Bonchev–Trinajstić information content (AvgIpc) is 2.64. The summed E-state index contributed by atoms with van der Waals surface area (Å²) in [6, 6.07) is 8.97. The highest BCUT2D eigenvalue weighted by atomic mass is 35.5. The zero-order chi connectivity index (χ0) is 17.5. The van der Waals surface area contributed by atoms with Gasteiger partial charge in [0, 0.05) is 13.1 Å². The first kappa shape index (κ1) is 21.2. The minimum atomic E-state index is 0. The molecule has 2 aliphatic heterocycles. The van der Waals surface area contributed by atoms with Crippen LogP contribution in [-0.2, 0) is 11.2 Å². The van der Waals surface area contributed by atoms with Gasteiger partial charge in [0.05, 0.1) is 12.6 Å². The minimum Gasteiger partial charge on any atom is -0.333 e. The first-order chi connectivity index (χ1) is 12.3. The predicted octanol–water partition coefficient (Wildman–Crippen LogP) is 4.99. The molecule has 146 valence electrons. The Labute approximate surface area is 165 Å². The molecule has 0 N–H and O–H groups in total. The summed E-state index contributed by atoms with van der Waals surface area (Å²) < 4.78 is 0. The van der Waals surface area contributed by atoms with Gasteiger partial charge >= 0.3 is 0 Å². The molecule has 0 spiro atoms.